The standard InChI is InChI=1S/C14H14ClF2N3/c15-11-7-9(16)8-12(17)13(11)19-14-18-5-6-20(14)10-3-1-2-4-10/h5-8,10H,1-4H2,(H,18,19). The van der Waals surface area contributed by atoms with E-state index >= 15 is 0 Å². The molecular weight excluding hydrogens is 284 g/mol. The second-order valence-corrected chi connectivity index (χ2v) is 5.37. The van der Waals surface area contributed by atoms with E-state index in [1.165, 1.54) is 12.8 Å². The molecule has 0 atom stereocenters. The van der Waals surface area contributed by atoms with Gasteiger partial charge in [-0.2, -0.15) is 0 Å². The number of hydrogen-bond donors (Lipinski definition) is 1. The first-order valence-electron chi connectivity index (χ1n) is 6.59. The molecule has 0 spiro atoms. The zero-order valence-electron chi connectivity index (χ0n) is 10.7. The monoisotopic (exact) mass is 297 g/mol. The van der Waals surface area contributed by atoms with Crippen LogP contribution in [0.3, 0.4) is 0 Å². The first-order chi connectivity index (χ1) is 9.65. The maximum Gasteiger partial charge on any atom is 0.207 e. The fourth-order valence-electron chi connectivity index (χ4n) is 2.66. The second kappa shape index (κ2) is 5.40. The Morgan fingerprint density at radius 2 is 2.00 bits per heavy atom. The van der Waals surface area contributed by atoms with Crippen LogP contribution in [0.4, 0.5) is 20.4 Å². The Balaban J connectivity index is 1.90. The van der Waals surface area contributed by atoms with Crippen molar-refractivity contribution < 1.29 is 8.78 Å². The van der Waals surface area contributed by atoms with Crippen LogP contribution in [0, 0.1) is 11.6 Å². The molecule has 106 valence electrons. The molecule has 0 radical (unpaired) electrons. The molecule has 1 aliphatic rings. The number of nitrogens with one attached hydrogen (secondary N) is 1. The highest BCUT2D eigenvalue weighted by Crippen LogP contribution is 2.34. The van der Waals surface area contributed by atoms with Gasteiger partial charge in [0, 0.05) is 24.5 Å². The van der Waals surface area contributed by atoms with Crippen molar-refractivity contribution in [3.05, 3.63) is 41.2 Å². The van der Waals surface area contributed by atoms with E-state index in [9.17, 15) is 8.78 Å². The number of benzene rings is 1. The molecule has 3 rings (SSSR count). The van der Waals surface area contributed by atoms with Crippen LogP contribution in [0.2, 0.25) is 5.02 Å². The van der Waals surface area contributed by atoms with E-state index in [0.29, 0.717) is 12.0 Å². The highest BCUT2D eigenvalue weighted by atomic mass is 35.5. The Labute approximate surface area is 120 Å². The second-order valence-electron chi connectivity index (χ2n) is 4.97. The topological polar surface area (TPSA) is 29.9 Å². The average Bonchev–Trinajstić information content (AvgIpc) is 3.04. The predicted octanol–water partition coefficient (Wildman–Crippen LogP) is 4.67. The highest BCUT2D eigenvalue weighted by molar-refractivity contribution is 6.33. The summed E-state index contributed by atoms with van der Waals surface area (Å²) in [6.45, 7) is 0. The van der Waals surface area contributed by atoms with Crippen molar-refractivity contribution in [1.82, 2.24) is 9.55 Å². The van der Waals surface area contributed by atoms with Gasteiger partial charge < -0.3 is 9.88 Å². The van der Waals surface area contributed by atoms with Crippen LogP contribution in [0.25, 0.3) is 0 Å². The molecule has 1 fully saturated rings. The number of nitrogens with zero attached hydrogens (tertiary/aromatic N) is 2. The first-order valence-corrected chi connectivity index (χ1v) is 6.97. The molecule has 2 aromatic rings. The molecule has 1 saturated carbocycles. The van der Waals surface area contributed by atoms with Gasteiger partial charge in [-0.25, -0.2) is 13.8 Å². The van der Waals surface area contributed by atoms with Gasteiger partial charge in [0.25, 0.3) is 0 Å². The smallest absolute Gasteiger partial charge is 0.207 e. The number of halogens is 3. The maximum absolute atomic E-state index is 13.8. The molecule has 20 heavy (non-hydrogen) atoms. The van der Waals surface area contributed by atoms with Gasteiger partial charge in [0.1, 0.15) is 5.82 Å². The van der Waals surface area contributed by atoms with Crippen molar-refractivity contribution in [1.29, 1.82) is 0 Å². The van der Waals surface area contributed by atoms with Gasteiger partial charge in [-0.1, -0.05) is 24.4 Å². The third-order valence-corrected chi connectivity index (χ3v) is 3.93. The minimum absolute atomic E-state index is 0.00321. The molecule has 1 N–H and O–H groups in total. The SMILES string of the molecule is Fc1cc(F)c(Nc2nccn2C2CCCC2)c(Cl)c1. The largest absolute Gasteiger partial charge is 0.322 e. The lowest BCUT2D eigenvalue weighted by atomic mass is 10.2. The van der Waals surface area contributed by atoms with Crippen LogP contribution in [0.5, 0.6) is 0 Å². The van der Waals surface area contributed by atoms with Crippen molar-refractivity contribution in [3.8, 4) is 0 Å². The molecular formula is C14H14ClF2N3. The molecule has 0 saturated heterocycles. The molecule has 0 unspecified atom stereocenters. The molecule has 1 aliphatic carbocycles. The van der Waals surface area contributed by atoms with Gasteiger partial charge in [-0.3, -0.25) is 0 Å². The van der Waals surface area contributed by atoms with E-state index in [0.717, 1.165) is 25.0 Å². The van der Waals surface area contributed by atoms with E-state index in [2.05, 4.69) is 10.3 Å². The number of rotatable bonds is 3. The minimum Gasteiger partial charge on any atom is -0.322 e. The minimum atomic E-state index is -0.726. The molecule has 1 aromatic heterocycles. The average molecular weight is 298 g/mol. The van der Waals surface area contributed by atoms with Gasteiger partial charge in [-0.15, -0.1) is 0 Å². The summed E-state index contributed by atoms with van der Waals surface area (Å²) in [6.07, 6.45) is 8.08. The third-order valence-electron chi connectivity index (χ3n) is 3.63. The Morgan fingerprint density at radius 1 is 1.25 bits per heavy atom. The lowest BCUT2D eigenvalue weighted by Crippen LogP contribution is -2.09. The fraction of sp³-hybridized carbons (Fsp3) is 0.357. The summed E-state index contributed by atoms with van der Waals surface area (Å²) in [5.41, 5.74) is 0.0542. The summed E-state index contributed by atoms with van der Waals surface area (Å²) in [6, 6.07) is 2.26. The Morgan fingerprint density at radius 3 is 2.70 bits per heavy atom. The van der Waals surface area contributed by atoms with Crippen LogP contribution in [-0.4, -0.2) is 9.55 Å². The zero-order valence-corrected chi connectivity index (χ0v) is 11.5. The molecule has 0 amide bonds. The molecule has 6 heteroatoms. The predicted molar refractivity (Wildman–Crippen MR) is 74.4 cm³/mol. The van der Waals surface area contributed by atoms with E-state index in [1.807, 2.05) is 10.8 Å². The Kier molecular flexibility index (Phi) is 3.61. The Bertz CT molecular complexity index is 598. The summed E-state index contributed by atoms with van der Waals surface area (Å²) in [5.74, 6) is -0.891. The normalized spacial score (nSPS) is 15.8. The summed E-state index contributed by atoms with van der Waals surface area (Å²) in [5, 5.41) is 2.87. The van der Waals surface area contributed by atoms with Crippen molar-refractivity contribution in [2.75, 3.05) is 5.32 Å². The lowest BCUT2D eigenvalue weighted by molar-refractivity contribution is 0.524. The van der Waals surface area contributed by atoms with Gasteiger partial charge in [0.15, 0.2) is 5.82 Å². The zero-order chi connectivity index (χ0) is 14.1. The number of anilines is 2. The van der Waals surface area contributed by atoms with Crippen molar-refractivity contribution in [3.63, 3.8) is 0 Å². The molecule has 1 heterocycles. The Hall–Kier alpha value is -1.62. The van der Waals surface area contributed by atoms with Crippen molar-refractivity contribution >= 4 is 23.2 Å². The number of hydrogen-bond acceptors (Lipinski definition) is 2. The number of imidazole rings is 1. The van der Waals surface area contributed by atoms with Gasteiger partial charge >= 0.3 is 0 Å². The van der Waals surface area contributed by atoms with Crippen molar-refractivity contribution in [2.45, 2.75) is 31.7 Å². The van der Waals surface area contributed by atoms with E-state index in [4.69, 9.17) is 11.6 Å². The van der Waals surface area contributed by atoms with Crippen LogP contribution >= 0.6 is 11.6 Å². The summed E-state index contributed by atoms with van der Waals surface area (Å²) >= 11 is 5.88. The lowest BCUT2D eigenvalue weighted by Gasteiger charge is -2.16. The van der Waals surface area contributed by atoms with Crippen LogP contribution in [0.15, 0.2) is 24.5 Å². The number of aromatic nitrogens is 2. The summed E-state index contributed by atoms with van der Waals surface area (Å²) in [4.78, 5) is 4.19. The van der Waals surface area contributed by atoms with Gasteiger partial charge in [0.05, 0.1) is 10.7 Å². The van der Waals surface area contributed by atoms with E-state index in [1.54, 1.807) is 6.20 Å². The molecule has 0 bridgehead atoms. The summed E-state index contributed by atoms with van der Waals surface area (Å²) < 4.78 is 28.8. The van der Waals surface area contributed by atoms with Crippen LogP contribution < -0.4 is 5.32 Å². The molecule has 1 aromatic carbocycles. The van der Waals surface area contributed by atoms with Gasteiger partial charge in [0.2, 0.25) is 5.95 Å². The first kappa shape index (κ1) is 13.4. The third kappa shape index (κ3) is 2.50. The maximum atomic E-state index is 13.8. The van der Waals surface area contributed by atoms with Crippen LogP contribution in [0.1, 0.15) is 31.7 Å². The quantitative estimate of drug-likeness (QED) is 0.892. The van der Waals surface area contributed by atoms with Gasteiger partial charge in [-0.05, 0) is 18.9 Å². The molecule has 3 nitrogen and oxygen atoms in total. The summed E-state index contributed by atoms with van der Waals surface area (Å²) in [7, 11) is 0. The highest BCUT2D eigenvalue weighted by Gasteiger charge is 2.20. The van der Waals surface area contributed by atoms with E-state index < -0.39 is 11.6 Å². The molecule has 0 aliphatic heterocycles. The fourth-order valence-corrected chi connectivity index (χ4v) is 2.90. The van der Waals surface area contributed by atoms with Crippen molar-refractivity contribution in [2.24, 2.45) is 0 Å². The van der Waals surface area contributed by atoms with Crippen LogP contribution in [-0.2, 0) is 0 Å². The van der Waals surface area contributed by atoms with E-state index in [-0.39, 0.29) is 10.7 Å².